The number of hydrogen-bond donors (Lipinski definition) is 0. The molecule has 0 aliphatic heterocycles. The lowest BCUT2D eigenvalue weighted by molar-refractivity contribution is 0.442. The summed E-state index contributed by atoms with van der Waals surface area (Å²) in [5.41, 5.74) is 0. The molecule has 0 bridgehead atoms. The van der Waals surface area contributed by atoms with Crippen LogP contribution in [0.5, 0.6) is 0 Å². The van der Waals surface area contributed by atoms with Crippen molar-refractivity contribution < 1.29 is 8.23 Å². The van der Waals surface area contributed by atoms with Crippen molar-refractivity contribution in [3.8, 4) is 0 Å². The second-order valence-corrected chi connectivity index (χ2v) is 12.1. The van der Waals surface area contributed by atoms with Gasteiger partial charge < -0.3 is 8.23 Å². The summed E-state index contributed by atoms with van der Waals surface area (Å²) in [6.07, 6.45) is 5.58. The van der Waals surface area contributed by atoms with E-state index in [4.69, 9.17) is 8.23 Å². The Balaban J connectivity index is 3.31. The van der Waals surface area contributed by atoms with Gasteiger partial charge in [-0.1, -0.05) is 18.9 Å². The van der Waals surface area contributed by atoms with Crippen LogP contribution >= 0.6 is 0 Å². The fourth-order valence-electron chi connectivity index (χ4n) is 1.09. The van der Waals surface area contributed by atoms with Crippen molar-refractivity contribution in [3.63, 3.8) is 0 Å². The molecule has 0 aromatic heterocycles. The summed E-state index contributed by atoms with van der Waals surface area (Å²) in [6.45, 7) is 12.4. The molecule has 0 heterocycles. The van der Waals surface area contributed by atoms with Crippen LogP contribution in [0.2, 0.25) is 32.2 Å². The number of unbranched alkanes of at least 4 members (excludes halogenated alkanes) is 2. The first-order valence-electron chi connectivity index (χ1n) is 5.49. The molecule has 0 aliphatic carbocycles. The van der Waals surface area contributed by atoms with E-state index in [2.05, 4.69) is 32.8 Å². The fraction of sp³-hybridized carbons (Fsp3) is 0.800. The third-order valence-electron chi connectivity index (χ3n) is 1.60. The van der Waals surface area contributed by atoms with Gasteiger partial charge in [-0.2, -0.15) is 0 Å². The summed E-state index contributed by atoms with van der Waals surface area (Å²) >= 11 is 0. The number of allylic oxidation sites excluding steroid dienone is 1. The van der Waals surface area contributed by atoms with Gasteiger partial charge in [0.1, 0.15) is 0 Å². The van der Waals surface area contributed by atoms with Gasteiger partial charge in [0, 0.05) is 0 Å². The zero-order valence-electron chi connectivity index (χ0n) is 10.4. The summed E-state index contributed by atoms with van der Waals surface area (Å²) in [6, 6.07) is 1.17. The first-order chi connectivity index (χ1) is 6.95. The van der Waals surface area contributed by atoms with Crippen molar-refractivity contribution in [2.75, 3.05) is 0 Å². The van der Waals surface area contributed by atoms with Crippen LogP contribution < -0.4 is 0 Å². The van der Waals surface area contributed by atoms with Gasteiger partial charge in [-0.3, -0.25) is 0 Å². The standard InChI is InChI=1S/C10H23O2Si3/c1-6-7-8-9-10-13-11-14(2)12-15(3,4)5/h6H,1,7-10H2,2-5H3. The Hall–Kier alpha value is 0.311. The second-order valence-electron chi connectivity index (χ2n) is 4.49. The highest BCUT2D eigenvalue weighted by molar-refractivity contribution is 6.76. The molecule has 0 saturated heterocycles. The predicted molar refractivity (Wildman–Crippen MR) is 71.7 cm³/mol. The first kappa shape index (κ1) is 15.3. The van der Waals surface area contributed by atoms with Crippen LogP contribution in [0, 0.1) is 0 Å². The molecule has 0 rings (SSSR count). The molecule has 0 unspecified atom stereocenters. The van der Waals surface area contributed by atoms with Crippen molar-refractivity contribution >= 4 is 27.4 Å². The minimum absolute atomic E-state index is 0.618. The van der Waals surface area contributed by atoms with Crippen molar-refractivity contribution in [2.45, 2.75) is 51.5 Å². The Labute approximate surface area is 100.0 Å². The van der Waals surface area contributed by atoms with Crippen LogP contribution in [0.3, 0.4) is 0 Å². The maximum atomic E-state index is 5.87. The predicted octanol–water partition coefficient (Wildman–Crippen LogP) is 3.37. The summed E-state index contributed by atoms with van der Waals surface area (Å²) in [5, 5.41) is 0. The second kappa shape index (κ2) is 8.46. The summed E-state index contributed by atoms with van der Waals surface area (Å²) in [5.74, 6) is 0. The quantitative estimate of drug-likeness (QED) is 0.359. The third kappa shape index (κ3) is 12.2. The van der Waals surface area contributed by atoms with E-state index < -0.39 is 17.6 Å². The van der Waals surface area contributed by atoms with E-state index in [1.165, 1.54) is 18.9 Å². The van der Waals surface area contributed by atoms with Gasteiger partial charge in [-0.05, 0) is 38.7 Å². The van der Waals surface area contributed by atoms with Crippen LogP contribution in [0.1, 0.15) is 19.3 Å². The lowest BCUT2D eigenvalue weighted by Gasteiger charge is -2.21. The zero-order chi connectivity index (χ0) is 11.7. The van der Waals surface area contributed by atoms with Gasteiger partial charge in [-0.15, -0.1) is 6.58 Å². The van der Waals surface area contributed by atoms with Gasteiger partial charge in [0.05, 0.1) is 0 Å². The molecule has 0 amide bonds. The van der Waals surface area contributed by atoms with Crippen molar-refractivity contribution in [1.29, 1.82) is 0 Å². The lowest BCUT2D eigenvalue weighted by Crippen LogP contribution is -2.35. The number of hydrogen-bond acceptors (Lipinski definition) is 2. The highest BCUT2D eigenvalue weighted by Gasteiger charge is 2.20. The maximum absolute atomic E-state index is 5.87. The van der Waals surface area contributed by atoms with E-state index >= 15 is 0 Å². The largest absolute Gasteiger partial charge is 0.436 e. The lowest BCUT2D eigenvalue weighted by atomic mass is 10.2. The van der Waals surface area contributed by atoms with Crippen LogP contribution in [0.15, 0.2) is 12.7 Å². The third-order valence-corrected chi connectivity index (χ3v) is 7.49. The molecule has 2 nitrogen and oxygen atoms in total. The van der Waals surface area contributed by atoms with Crippen LogP contribution in [-0.4, -0.2) is 27.4 Å². The van der Waals surface area contributed by atoms with E-state index in [-0.39, 0.29) is 0 Å². The molecule has 0 spiro atoms. The molecule has 3 radical (unpaired) electrons. The van der Waals surface area contributed by atoms with Gasteiger partial charge in [0.25, 0.3) is 0 Å². The van der Waals surface area contributed by atoms with Crippen LogP contribution in [-0.2, 0) is 8.23 Å². The average Bonchev–Trinajstić information content (AvgIpc) is 2.08. The highest BCUT2D eigenvalue weighted by atomic mass is 28.4. The van der Waals surface area contributed by atoms with Gasteiger partial charge >= 0.3 is 9.28 Å². The van der Waals surface area contributed by atoms with Crippen molar-refractivity contribution in [2.24, 2.45) is 0 Å². The monoisotopic (exact) mass is 259 g/mol. The minimum atomic E-state index is -1.39. The van der Waals surface area contributed by atoms with Gasteiger partial charge in [-0.25, -0.2) is 0 Å². The van der Waals surface area contributed by atoms with Crippen LogP contribution in [0.25, 0.3) is 0 Å². The first-order valence-corrected chi connectivity index (χ1v) is 11.8. The summed E-state index contributed by atoms with van der Waals surface area (Å²) in [7, 11) is -1.76. The van der Waals surface area contributed by atoms with Crippen LogP contribution in [0.4, 0.5) is 0 Å². The Bertz CT molecular complexity index is 169. The molecule has 0 aromatic carbocycles. The molecule has 0 saturated carbocycles. The number of rotatable bonds is 9. The fourth-order valence-corrected chi connectivity index (χ4v) is 6.70. The molecule has 0 aromatic rings. The van der Waals surface area contributed by atoms with Gasteiger partial charge in [0.15, 0.2) is 8.32 Å². The Kier molecular flexibility index (Phi) is 8.64. The topological polar surface area (TPSA) is 18.5 Å². The zero-order valence-corrected chi connectivity index (χ0v) is 13.4. The molecule has 0 N–H and O–H groups in total. The molecule has 5 heteroatoms. The Morgan fingerprint density at radius 3 is 2.53 bits per heavy atom. The molecule has 15 heavy (non-hydrogen) atoms. The van der Waals surface area contributed by atoms with E-state index in [0.29, 0.717) is 9.76 Å². The van der Waals surface area contributed by atoms with Crippen molar-refractivity contribution in [3.05, 3.63) is 12.7 Å². The smallest absolute Gasteiger partial charge is 0.359 e. The molecule has 0 aliphatic rings. The van der Waals surface area contributed by atoms with E-state index in [1.807, 2.05) is 6.08 Å². The SMILES string of the molecule is C=CCCCC[Si]O[Si](C)O[Si](C)(C)C. The van der Waals surface area contributed by atoms with Crippen molar-refractivity contribution in [1.82, 2.24) is 0 Å². The minimum Gasteiger partial charge on any atom is -0.436 e. The van der Waals surface area contributed by atoms with E-state index in [9.17, 15) is 0 Å². The Morgan fingerprint density at radius 2 is 2.00 bits per heavy atom. The van der Waals surface area contributed by atoms with Gasteiger partial charge in [0.2, 0.25) is 9.76 Å². The average molecular weight is 260 g/mol. The normalized spacial score (nSPS) is 12.1. The molecule has 87 valence electrons. The molecule has 0 atom stereocenters. The summed E-state index contributed by atoms with van der Waals surface area (Å²) in [4.78, 5) is 0. The Morgan fingerprint density at radius 1 is 1.33 bits per heavy atom. The molecular formula is C10H23O2Si3. The summed E-state index contributed by atoms with van der Waals surface area (Å²) < 4.78 is 11.6. The maximum Gasteiger partial charge on any atom is 0.359 e. The molecule has 0 fully saturated rings. The molecular weight excluding hydrogens is 236 g/mol. The highest BCUT2D eigenvalue weighted by Crippen LogP contribution is 2.06. The van der Waals surface area contributed by atoms with E-state index in [1.54, 1.807) is 0 Å². The van der Waals surface area contributed by atoms with E-state index in [0.717, 1.165) is 6.42 Å².